The molecule has 0 radical (unpaired) electrons. The van der Waals surface area contributed by atoms with Gasteiger partial charge in [0, 0.05) is 58.6 Å². The molecule has 134 valence electrons. The molecule has 1 saturated heterocycles. The minimum atomic E-state index is -0.282. The third-order valence-electron chi connectivity index (χ3n) is 4.81. The summed E-state index contributed by atoms with van der Waals surface area (Å²) in [4.78, 5) is 28.5. The maximum atomic E-state index is 12.0. The van der Waals surface area contributed by atoms with Crippen molar-refractivity contribution >= 4 is 5.69 Å². The molecule has 1 fully saturated rings. The third kappa shape index (κ3) is 3.46. The van der Waals surface area contributed by atoms with Crippen LogP contribution in [0.1, 0.15) is 5.69 Å². The smallest absolute Gasteiger partial charge is 0.330 e. The lowest BCUT2D eigenvalue weighted by molar-refractivity contribution is 0.242. The molecule has 0 unspecified atom stereocenters. The first-order valence-corrected chi connectivity index (χ1v) is 8.37. The lowest BCUT2D eigenvalue weighted by Gasteiger charge is -2.36. The van der Waals surface area contributed by atoms with Gasteiger partial charge in [0.15, 0.2) is 0 Å². The van der Waals surface area contributed by atoms with Crippen molar-refractivity contribution in [3.05, 3.63) is 56.9 Å². The van der Waals surface area contributed by atoms with Crippen molar-refractivity contribution in [2.24, 2.45) is 14.1 Å². The maximum absolute atomic E-state index is 12.0. The quantitative estimate of drug-likeness (QED) is 0.804. The van der Waals surface area contributed by atoms with Gasteiger partial charge in [-0.1, -0.05) is 12.1 Å². The zero-order valence-corrected chi connectivity index (χ0v) is 14.9. The number of methoxy groups -OCH3 is 1. The number of hydrogen-bond acceptors (Lipinski definition) is 5. The summed E-state index contributed by atoms with van der Waals surface area (Å²) >= 11 is 0. The predicted octanol–water partition coefficient (Wildman–Crippen LogP) is 0.415. The summed E-state index contributed by atoms with van der Waals surface area (Å²) < 4.78 is 8.12. The van der Waals surface area contributed by atoms with Crippen LogP contribution in [-0.2, 0) is 20.6 Å². The molecule has 0 spiro atoms. The zero-order valence-electron chi connectivity index (χ0n) is 14.9. The second kappa shape index (κ2) is 7.14. The molecule has 3 rings (SSSR count). The van der Waals surface area contributed by atoms with E-state index in [-0.39, 0.29) is 11.2 Å². The molecular formula is C18H24N4O3. The van der Waals surface area contributed by atoms with Crippen LogP contribution in [0, 0.1) is 0 Å². The summed E-state index contributed by atoms with van der Waals surface area (Å²) in [6, 6.07) is 9.57. The molecule has 0 saturated carbocycles. The van der Waals surface area contributed by atoms with Crippen LogP contribution >= 0.6 is 0 Å². The van der Waals surface area contributed by atoms with Gasteiger partial charge in [0.1, 0.15) is 5.75 Å². The SMILES string of the molecule is COc1ccccc1N1CCN(Cc2cc(=O)n(C)c(=O)n2C)CC1. The normalized spacial score (nSPS) is 15.4. The average Bonchev–Trinajstić information content (AvgIpc) is 2.65. The number of piperazine rings is 1. The number of benzene rings is 1. The van der Waals surface area contributed by atoms with Gasteiger partial charge >= 0.3 is 5.69 Å². The number of aromatic nitrogens is 2. The van der Waals surface area contributed by atoms with E-state index in [4.69, 9.17) is 4.74 Å². The van der Waals surface area contributed by atoms with E-state index in [0.29, 0.717) is 6.54 Å². The summed E-state index contributed by atoms with van der Waals surface area (Å²) in [5, 5.41) is 0. The van der Waals surface area contributed by atoms with Crippen molar-refractivity contribution in [2.45, 2.75) is 6.54 Å². The van der Waals surface area contributed by atoms with Crippen LogP contribution in [0.3, 0.4) is 0 Å². The highest BCUT2D eigenvalue weighted by molar-refractivity contribution is 5.58. The van der Waals surface area contributed by atoms with Gasteiger partial charge in [-0.3, -0.25) is 18.8 Å². The number of para-hydroxylation sites is 2. The van der Waals surface area contributed by atoms with Gasteiger partial charge in [0.2, 0.25) is 0 Å². The number of hydrogen-bond donors (Lipinski definition) is 0. The summed E-state index contributed by atoms with van der Waals surface area (Å²) in [6.07, 6.45) is 0. The molecular weight excluding hydrogens is 320 g/mol. The largest absolute Gasteiger partial charge is 0.495 e. The second-order valence-corrected chi connectivity index (χ2v) is 6.31. The van der Waals surface area contributed by atoms with Crippen LogP contribution in [-0.4, -0.2) is 47.3 Å². The Hall–Kier alpha value is -2.54. The monoisotopic (exact) mass is 344 g/mol. The average molecular weight is 344 g/mol. The molecule has 0 N–H and O–H groups in total. The molecule has 1 aromatic heterocycles. The van der Waals surface area contributed by atoms with Crippen LogP contribution in [0.25, 0.3) is 0 Å². The van der Waals surface area contributed by atoms with Crippen LogP contribution in [0.4, 0.5) is 5.69 Å². The van der Waals surface area contributed by atoms with E-state index in [1.165, 1.54) is 7.05 Å². The van der Waals surface area contributed by atoms with Crippen molar-refractivity contribution in [3.63, 3.8) is 0 Å². The maximum Gasteiger partial charge on any atom is 0.330 e. The number of rotatable bonds is 4. The Labute approximate surface area is 146 Å². The van der Waals surface area contributed by atoms with Gasteiger partial charge in [-0.05, 0) is 12.1 Å². The Bertz CT molecular complexity index is 863. The predicted molar refractivity (Wildman–Crippen MR) is 97.4 cm³/mol. The third-order valence-corrected chi connectivity index (χ3v) is 4.81. The van der Waals surface area contributed by atoms with E-state index in [1.807, 2.05) is 18.2 Å². The van der Waals surface area contributed by atoms with E-state index in [1.54, 1.807) is 24.8 Å². The molecule has 2 heterocycles. The Morgan fingerprint density at radius 2 is 1.68 bits per heavy atom. The minimum Gasteiger partial charge on any atom is -0.495 e. The van der Waals surface area contributed by atoms with Gasteiger partial charge in [0.25, 0.3) is 5.56 Å². The van der Waals surface area contributed by atoms with E-state index in [9.17, 15) is 9.59 Å². The lowest BCUT2D eigenvalue weighted by Crippen LogP contribution is -2.47. The minimum absolute atomic E-state index is 0.259. The molecule has 2 aromatic rings. The fraction of sp³-hybridized carbons (Fsp3) is 0.444. The molecule has 0 amide bonds. The van der Waals surface area contributed by atoms with Crippen LogP contribution in [0.2, 0.25) is 0 Å². The molecule has 7 heteroatoms. The Balaban J connectivity index is 1.70. The van der Waals surface area contributed by atoms with E-state index in [2.05, 4.69) is 15.9 Å². The van der Waals surface area contributed by atoms with E-state index >= 15 is 0 Å². The van der Waals surface area contributed by atoms with Gasteiger partial charge in [0.05, 0.1) is 12.8 Å². The molecule has 1 aromatic carbocycles. The molecule has 1 aliphatic rings. The van der Waals surface area contributed by atoms with Crippen molar-refractivity contribution < 1.29 is 4.74 Å². The highest BCUT2D eigenvalue weighted by Crippen LogP contribution is 2.28. The van der Waals surface area contributed by atoms with Crippen molar-refractivity contribution in [1.82, 2.24) is 14.0 Å². The first kappa shape index (κ1) is 17.3. The van der Waals surface area contributed by atoms with Crippen molar-refractivity contribution in [1.29, 1.82) is 0 Å². The number of ether oxygens (including phenoxy) is 1. The summed E-state index contributed by atoms with van der Waals surface area (Å²) in [6.45, 7) is 4.07. The first-order valence-electron chi connectivity index (χ1n) is 8.37. The zero-order chi connectivity index (χ0) is 18.0. The number of nitrogens with zero attached hydrogens (tertiary/aromatic N) is 4. The molecule has 25 heavy (non-hydrogen) atoms. The molecule has 7 nitrogen and oxygen atoms in total. The summed E-state index contributed by atoms with van der Waals surface area (Å²) in [7, 11) is 4.90. The Morgan fingerprint density at radius 1 is 1.00 bits per heavy atom. The van der Waals surface area contributed by atoms with Crippen LogP contribution in [0.5, 0.6) is 5.75 Å². The topological polar surface area (TPSA) is 59.7 Å². The molecule has 0 bridgehead atoms. The standard InChI is InChI=1S/C18H24N4O3/c1-19-14(12-17(23)20(2)18(19)24)13-21-8-10-22(11-9-21)15-6-4-5-7-16(15)25-3/h4-7,12H,8-11,13H2,1-3H3. The van der Waals surface area contributed by atoms with Crippen molar-refractivity contribution in [3.8, 4) is 5.75 Å². The Kier molecular flexibility index (Phi) is 4.94. The summed E-state index contributed by atoms with van der Waals surface area (Å²) in [5.74, 6) is 0.880. The fourth-order valence-corrected chi connectivity index (χ4v) is 3.20. The van der Waals surface area contributed by atoms with Crippen molar-refractivity contribution in [2.75, 3.05) is 38.2 Å². The van der Waals surface area contributed by atoms with Gasteiger partial charge in [-0.25, -0.2) is 4.79 Å². The van der Waals surface area contributed by atoms with Gasteiger partial charge in [-0.15, -0.1) is 0 Å². The van der Waals surface area contributed by atoms with E-state index in [0.717, 1.165) is 47.9 Å². The fourth-order valence-electron chi connectivity index (χ4n) is 3.20. The lowest BCUT2D eigenvalue weighted by atomic mass is 10.2. The van der Waals surface area contributed by atoms with Crippen LogP contribution in [0.15, 0.2) is 39.9 Å². The highest BCUT2D eigenvalue weighted by atomic mass is 16.5. The number of anilines is 1. The van der Waals surface area contributed by atoms with Crippen LogP contribution < -0.4 is 20.9 Å². The van der Waals surface area contributed by atoms with Gasteiger partial charge < -0.3 is 9.64 Å². The van der Waals surface area contributed by atoms with E-state index < -0.39 is 0 Å². The molecule has 1 aliphatic heterocycles. The highest BCUT2D eigenvalue weighted by Gasteiger charge is 2.20. The Morgan fingerprint density at radius 3 is 2.36 bits per heavy atom. The first-order chi connectivity index (χ1) is 12.0. The molecule has 0 aliphatic carbocycles. The second-order valence-electron chi connectivity index (χ2n) is 6.31. The molecule has 0 atom stereocenters. The summed E-state index contributed by atoms with van der Waals surface area (Å²) in [5.41, 5.74) is 1.31. The van der Waals surface area contributed by atoms with Gasteiger partial charge in [-0.2, -0.15) is 0 Å².